The molecule has 1 aliphatic heterocycles. The van der Waals surface area contributed by atoms with Crippen molar-refractivity contribution in [3.63, 3.8) is 0 Å². The average Bonchev–Trinajstić information content (AvgIpc) is 3.13. The minimum atomic E-state index is -3.40. The Morgan fingerprint density at radius 2 is 2.07 bits per heavy atom. The van der Waals surface area contributed by atoms with Crippen LogP contribution in [0.1, 0.15) is 24.0 Å². The fraction of sp³-hybridized carbons (Fsp3) is 0.368. The van der Waals surface area contributed by atoms with Gasteiger partial charge in [-0.15, -0.1) is 0 Å². The Morgan fingerprint density at radius 3 is 2.81 bits per heavy atom. The van der Waals surface area contributed by atoms with E-state index in [-0.39, 0.29) is 12.5 Å². The largest absolute Gasteiger partial charge is 0.438 e. The summed E-state index contributed by atoms with van der Waals surface area (Å²) in [7, 11) is -3.40. The van der Waals surface area contributed by atoms with Crippen molar-refractivity contribution in [1.29, 1.82) is 0 Å². The van der Waals surface area contributed by atoms with Gasteiger partial charge in [0, 0.05) is 24.8 Å². The first-order chi connectivity index (χ1) is 12.9. The molecule has 0 spiro atoms. The molecule has 1 unspecified atom stereocenters. The van der Waals surface area contributed by atoms with Gasteiger partial charge in [0.15, 0.2) is 0 Å². The molecule has 1 aliphatic rings. The van der Waals surface area contributed by atoms with Crippen LogP contribution < -0.4 is 10.1 Å². The number of rotatable bonds is 6. The summed E-state index contributed by atoms with van der Waals surface area (Å²) in [5.41, 5.74) is 1.70. The van der Waals surface area contributed by atoms with Crippen molar-refractivity contribution >= 4 is 15.9 Å². The van der Waals surface area contributed by atoms with Crippen molar-refractivity contribution in [2.75, 3.05) is 12.8 Å². The van der Waals surface area contributed by atoms with Gasteiger partial charge in [-0.3, -0.25) is 4.79 Å². The van der Waals surface area contributed by atoms with E-state index in [0.717, 1.165) is 17.4 Å². The third-order valence-corrected chi connectivity index (χ3v) is 5.82. The number of aromatic nitrogens is 1. The minimum absolute atomic E-state index is 0.210. The SMILES string of the molecule is Cc1ccccc1Oc1ncccc1CNC(=O)C1CCCN1S(C)(=O)=O. The molecule has 1 N–H and O–H groups in total. The second-order valence-electron chi connectivity index (χ2n) is 6.58. The summed E-state index contributed by atoms with van der Waals surface area (Å²) in [4.78, 5) is 16.8. The van der Waals surface area contributed by atoms with E-state index in [1.807, 2.05) is 37.3 Å². The van der Waals surface area contributed by atoms with Gasteiger partial charge in [-0.2, -0.15) is 4.31 Å². The fourth-order valence-corrected chi connectivity index (χ4v) is 4.25. The van der Waals surface area contributed by atoms with Gasteiger partial charge >= 0.3 is 0 Å². The molecule has 2 heterocycles. The first kappa shape index (κ1) is 19.3. The molecule has 0 bridgehead atoms. The van der Waals surface area contributed by atoms with E-state index in [9.17, 15) is 13.2 Å². The lowest BCUT2D eigenvalue weighted by Gasteiger charge is -2.21. The lowest BCUT2D eigenvalue weighted by atomic mass is 10.2. The van der Waals surface area contributed by atoms with E-state index in [2.05, 4.69) is 10.3 Å². The van der Waals surface area contributed by atoms with Crippen molar-refractivity contribution in [3.05, 3.63) is 53.7 Å². The lowest BCUT2D eigenvalue weighted by Crippen LogP contribution is -2.45. The number of carbonyl (C=O) groups excluding carboxylic acids is 1. The quantitative estimate of drug-likeness (QED) is 0.818. The molecule has 27 heavy (non-hydrogen) atoms. The van der Waals surface area contributed by atoms with Crippen LogP contribution in [0.25, 0.3) is 0 Å². The minimum Gasteiger partial charge on any atom is -0.438 e. The highest BCUT2D eigenvalue weighted by Gasteiger charge is 2.36. The number of pyridine rings is 1. The Hall–Kier alpha value is -2.45. The number of sulfonamides is 1. The predicted molar refractivity (Wildman–Crippen MR) is 102 cm³/mol. The molecule has 0 radical (unpaired) electrons. The summed E-state index contributed by atoms with van der Waals surface area (Å²) in [5.74, 6) is 0.810. The maximum atomic E-state index is 12.5. The summed E-state index contributed by atoms with van der Waals surface area (Å²) in [6.45, 7) is 2.53. The normalized spacial score (nSPS) is 17.6. The number of carbonyl (C=O) groups is 1. The molecule has 8 heteroatoms. The van der Waals surface area contributed by atoms with Gasteiger partial charge in [0.1, 0.15) is 11.8 Å². The molecular weight excluding hydrogens is 366 g/mol. The molecular formula is C19H23N3O4S. The molecule has 7 nitrogen and oxygen atoms in total. The average molecular weight is 389 g/mol. The van der Waals surface area contributed by atoms with Crippen LogP contribution in [0.15, 0.2) is 42.6 Å². The number of para-hydroxylation sites is 1. The summed E-state index contributed by atoms with van der Waals surface area (Å²) in [5, 5.41) is 2.82. The van der Waals surface area contributed by atoms with Crippen molar-refractivity contribution in [3.8, 4) is 11.6 Å². The van der Waals surface area contributed by atoms with Crippen molar-refractivity contribution in [2.45, 2.75) is 32.4 Å². The summed E-state index contributed by atoms with van der Waals surface area (Å²) >= 11 is 0. The van der Waals surface area contributed by atoms with Crippen molar-refractivity contribution < 1.29 is 17.9 Å². The number of benzene rings is 1. The van der Waals surface area contributed by atoms with E-state index in [4.69, 9.17) is 4.74 Å². The highest BCUT2D eigenvalue weighted by Crippen LogP contribution is 2.26. The van der Waals surface area contributed by atoms with Crippen LogP contribution in [-0.4, -0.2) is 42.5 Å². The van der Waals surface area contributed by atoms with E-state index >= 15 is 0 Å². The first-order valence-corrected chi connectivity index (χ1v) is 10.6. The number of nitrogens with zero attached hydrogens (tertiary/aromatic N) is 2. The third kappa shape index (κ3) is 4.64. The number of hydrogen-bond donors (Lipinski definition) is 1. The number of amides is 1. The van der Waals surface area contributed by atoms with Crippen LogP contribution in [-0.2, 0) is 21.4 Å². The van der Waals surface area contributed by atoms with Crippen molar-refractivity contribution in [1.82, 2.24) is 14.6 Å². The molecule has 1 aromatic heterocycles. The molecule has 1 aromatic carbocycles. The molecule has 144 valence electrons. The summed E-state index contributed by atoms with van der Waals surface area (Å²) in [6.07, 6.45) is 3.97. The highest BCUT2D eigenvalue weighted by atomic mass is 32.2. The van der Waals surface area contributed by atoms with E-state index in [1.165, 1.54) is 4.31 Å². The first-order valence-electron chi connectivity index (χ1n) is 8.78. The Balaban J connectivity index is 1.70. The van der Waals surface area contributed by atoms with Gasteiger partial charge in [0.25, 0.3) is 0 Å². The second kappa shape index (κ2) is 8.06. The Kier molecular flexibility index (Phi) is 5.76. The van der Waals surface area contributed by atoms with Crippen LogP contribution >= 0.6 is 0 Å². The zero-order chi connectivity index (χ0) is 19.4. The zero-order valence-electron chi connectivity index (χ0n) is 15.4. The topological polar surface area (TPSA) is 88.6 Å². The Morgan fingerprint density at radius 1 is 1.30 bits per heavy atom. The number of aryl methyl sites for hydroxylation is 1. The summed E-state index contributed by atoms with van der Waals surface area (Å²) in [6, 6.07) is 10.5. The molecule has 1 saturated heterocycles. The van der Waals surface area contributed by atoms with Gasteiger partial charge in [0.05, 0.1) is 6.26 Å². The van der Waals surface area contributed by atoms with Crippen LogP contribution in [0, 0.1) is 6.92 Å². The maximum Gasteiger partial charge on any atom is 0.238 e. The molecule has 1 fully saturated rings. The molecule has 1 atom stereocenters. The molecule has 0 saturated carbocycles. The molecule has 3 rings (SSSR count). The monoisotopic (exact) mass is 389 g/mol. The van der Waals surface area contributed by atoms with E-state index < -0.39 is 16.1 Å². The van der Waals surface area contributed by atoms with Gasteiger partial charge < -0.3 is 10.1 Å². The number of hydrogen-bond acceptors (Lipinski definition) is 5. The van der Waals surface area contributed by atoms with E-state index in [0.29, 0.717) is 31.0 Å². The Bertz CT molecular complexity index is 930. The zero-order valence-corrected chi connectivity index (χ0v) is 16.2. The van der Waals surface area contributed by atoms with Gasteiger partial charge in [-0.1, -0.05) is 24.3 Å². The van der Waals surface area contributed by atoms with Crippen LogP contribution in [0.5, 0.6) is 11.6 Å². The van der Waals surface area contributed by atoms with Crippen LogP contribution in [0.2, 0.25) is 0 Å². The van der Waals surface area contributed by atoms with Gasteiger partial charge in [-0.25, -0.2) is 13.4 Å². The molecule has 1 amide bonds. The molecule has 0 aliphatic carbocycles. The Labute approximate surface area is 159 Å². The van der Waals surface area contributed by atoms with Crippen LogP contribution in [0.3, 0.4) is 0 Å². The molecule has 2 aromatic rings. The lowest BCUT2D eigenvalue weighted by molar-refractivity contribution is -0.124. The second-order valence-corrected chi connectivity index (χ2v) is 8.52. The standard InChI is InChI=1S/C19H23N3O4S/c1-14-7-3-4-10-17(14)26-19-15(8-5-11-20-19)13-21-18(23)16-9-6-12-22(16)27(2,24)25/h3-5,7-8,10-11,16H,6,9,12-13H2,1-2H3,(H,21,23). The van der Waals surface area contributed by atoms with Crippen LogP contribution in [0.4, 0.5) is 0 Å². The number of nitrogens with one attached hydrogen (secondary N) is 1. The number of ether oxygens (including phenoxy) is 1. The predicted octanol–water partition coefficient (Wildman–Crippen LogP) is 2.22. The smallest absolute Gasteiger partial charge is 0.238 e. The third-order valence-electron chi connectivity index (χ3n) is 4.54. The van der Waals surface area contributed by atoms with E-state index in [1.54, 1.807) is 12.3 Å². The maximum absolute atomic E-state index is 12.5. The fourth-order valence-electron chi connectivity index (χ4n) is 3.12. The van der Waals surface area contributed by atoms with Gasteiger partial charge in [-0.05, 0) is 37.5 Å². The highest BCUT2D eigenvalue weighted by molar-refractivity contribution is 7.88. The van der Waals surface area contributed by atoms with Crippen molar-refractivity contribution in [2.24, 2.45) is 0 Å². The summed E-state index contributed by atoms with van der Waals surface area (Å²) < 4.78 is 30.8. The van der Waals surface area contributed by atoms with Gasteiger partial charge in [0.2, 0.25) is 21.8 Å².